The first-order valence-electron chi connectivity index (χ1n) is 7.01. The number of aromatic amines is 1. The normalized spacial score (nSPS) is 12.7. The molecule has 1 aromatic heterocycles. The fourth-order valence-corrected chi connectivity index (χ4v) is 1.99. The van der Waals surface area contributed by atoms with E-state index in [2.05, 4.69) is 20.6 Å². The van der Waals surface area contributed by atoms with Crippen LogP contribution in [0.1, 0.15) is 33.0 Å². The second kappa shape index (κ2) is 7.66. The van der Waals surface area contributed by atoms with Crippen LogP contribution in [0.5, 0.6) is 0 Å². The van der Waals surface area contributed by atoms with Gasteiger partial charge in [0.25, 0.3) is 0 Å². The molecule has 0 saturated heterocycles. The molecule has 1 unspecified atom stereocenters. The lowest BCUT2D eigenvalue weighted by atomic mass is 9.84. The number of nitrogens with one attached hydrogen (secondary N) is 3. The van der Waals surface area contributed by atoms with E-state index in [0.29, 0.717) is 19.4 Å². The summed E-state index contributed by atoms with van der Waals surface area (Å²) < 4.78 is 0. The molecule has 1 heterocycles. The Morgan fingerprint density at radius 1 is 1.38 bits per heavy atom. The molecule has 2 amide bonds. The Morgan fingerprint density at radius 2 is 2.10 bits per heavy atom. The molecular formula is C14H24N4O3. The average molecular weight is 296 g/mol. The standard InChI is InChI=1S/C14H24N4O3/c1-14(2,3)8-10(12(19)20)9-18-13(21)17-5-4-11-15-6-7-16-11/h6-7,10H,4-5,8-9H2,1-3H3,(H,15,16)(H,19,20)(H2,17,18,21). The lowest BCUT2D eigenvalue weighted by molar-refractivity contribution is -0.142. The Kier molecular flexibility index (Phi) is 6.20. The molecule has 0 aliphatic heterocycles. The van der Waals surface area contributed by atoms with Crippen molar-refractivity contribution in [3.05, 3.63) is 18.2 Å². The Morgan fingerprint density at radius 3 is 2.62 bits per heavy atom. The van der Waals surface area contributed by atoms with Gasteiger partial charge in [-0.05, 0) is 11.8 Å². The number of amides is 2. The number of urea groups is 1. The fraction of sp³-hybridized carbons (Fsp3) is 0.643. The van der Waals surface area contributed by atoms with Gasteiger partial charge in [0.05, 0.1) is 5.92 Å². The summed E-state index contributed by atoms with van der Waals surface area (Å²) in [5.74, 6) is -0.673. The highest BCUT2D eigenvalue weighted by molar-refractivity contribution is 5.75. The monoisotopic (exact) mass is 296 g/mol. The van der Waals surface area contributed by atoms with E-state index >= 15 is 0 Å². The summed E-state index contributed by atoms with van der Waals surface area (Å²) in [6, 6.07) is -0.360. The van der Waals surface area contributed by atoms with E-state index in [9.17, 15) is 9.59 Å². The van der Waals surface area contributed by atoms with Gasteiger partial charge in [0.2, 0.25) is 0 Å². The summed E-state index contributed by atoms with van der Waals surface area (Å²) in [6.45, 7) is 6.50. The molecular weight excluding hydrogens is 272 g/mol. The van der Waals surface area contributed by atoms with Crippen LogP contribution in [0.4, 0.5) is 4.79 Å². The highest BCUT2D eigenvalue weighted by Crippen LogP contribution is 2.24. The van der Waals surface area contributed by atoms with Crippen LogP contribution < -0.4 is 10.6 Å². The molecule has 0 aromatic carbocycles. The number of aromatic nitrogens is 2. The molecule has 1 rings (SSSR count). The third-order valence-electron chi connectivity index (χ3n) is 2.92. The van der Waals surface area contributed by atoms with E-state index in [0.717, 1.165) is 5.82 Å². The van der Waals surface area contributed by atoms with Crippen LogP contribution in [0.15, 0.2) is 12.4 Å². The summed E-state index contributed by atoms with van der Waals surface area (Å²) in [6.07, 6.45) is 4.48. The summed E-state index contributed by atoms with van der Waals surface area (Å²) in [5.41, 5.74) is -0.0967. The average Bonchev–Trinajstić information content (AvgIpc) is 2.86. The minimum atomic E-state index is -0.888. The third kappa shape index (κ3) is 7.34. The molecule has 21 heavy (non-hydrogen) atoms. The van der Waals surface area contributed by atoms with Crippen molar-refractivity contribution < 1.29 is 14.7 Å². The fourth-order valence-electron chi connectivity index (χ4n) is 1.99. The first kappa shape index (κ1) is 17.0. The number of rotatable bonds is 7. The van der Waals surface area contributed by atoms with Gasteiger partial charge in [0, 0.05) is 31.9 Å². The Bertz CT molecular complexity index is 451. The predicted molar refractivity (Wildman–Crippen MR) is 78.9 cm³/mol. The summed E-state index contributed by atoms with van der Waals surface area (Å²) in [7, 11) is 0. The molecule has 0 aliphatic carbocycles. The maximum absolute atomic E-state index is 11.6. The van der Waals surface area contributed by atoms with E-state index < -0.39 is 11.9 Å². The van der Waals surface area contributed by atoms with Gasteiger partial charge in [0.1, 0.15) is 5.82 Å². The quantitative estimate of drug-likeness (QED) is 0.610. The van der Waals surface area contributed by atoms with Gasteiger partial charge < -0.3 is 20.7 Å². The van der Waals surface area contributed by atoms with Crippen molar-refractivity contribution >= 4 is 12.0 Å². The predicted octanol–water partition coefficient (Wildman–Crippen LogP) is 1.39. The molecule has 0 radical (unpaired) electrons. The van der Waals surface area contributed by atoms with Crippen molar-refractivity contribution in [2.45, 2.75) is 33.6 Å². The minimum Gasteiger partial charge on any atom is -0.481 e. The second-order valence-corrected chi connectivity index (χ2v) is 6.22. The van der Waals surface area contributed by atoms with Crippen LogP contribution in [0, 0.1) is 11.3 Å². The zero-order chi connectivity index (χ0) is 15.9. The van der Waals surface area contributed by atoms with Gasteiger partial charge in [-0.3, -0.25) is 4.79 Å². The molecule has 7 heteroatoms. The number of nitrogens with zero attached hydrogens (tertiary/aromatic N) is 1. The highest BCUT2D eigenvalue weighted by Gasteiger charge is 2.24. The molecule has 0 aliphatic rings. The number of hydrogen-bond acceptors (Lipinski definition) is 3. The maximum atomic E-state index is 11.6. The number of hydrogen-bond donors (Lipinski definition) is 4. The summed E-state index contributed by atoms with van der Waals surface area (Å²) >= 11 is 0. The van der Waals surface area contributed by atoms with Gasteiger partial charge in [0.15, 0.2) is 0 Å². The van der Waals surface area contributed by atoms with Crippen molar-refractivity contribution in [2.24, 2.45) is 11.3 Å². The van der Waals surface area contributed by atoms with E-state index in [1.807, 2.05) is 20.8 Å². The zero-order valence-corrected chi connectivity index (χ0v) is 12.8. The van der Waals surface area contributed by atoms with Gasteiger partial charge in [-0.15, -0.1) is 0 Å². The van der Waals surface area contributed by atoms with Crippen LogP contribution in [-0.2, 0) is 11.2 Å². The first-order valence-corrected chi connectivity index (χ1v) is 7.01. The van der Waals surface area contributed by atoms with E-state index in [-0.39, 0.29) is 18.0 Å². The number of aliphatic carboxylic acids is 1. The van der Waals surface area contributed by atoms with Crippen molar-refractivity contribution in [1.82, 2.24) is 20.6 Å². The van der Waals surface area contributed by atoms with Crippen LogP contribution in [-0.4, -0.2) is 40.2 Å². The Hall–Kier alpha value is -2.05. The van der Waals surface area contributed by atoms with Crippen molar-refractivity contribution in [2.75, 3.05) is 13.1 Å². The third-order valence-corrected chi connectivity index (χ3v) is 2.92. The van der Waals surface area contributed by atoms with Gasteiger partial charge in [-0.1, -0.05) is 20.8 Å². The minimum absolute atomic E-state index is 0.0967. The highest BCUT2D eigenvalue weighted by atomic mass is 16.4. The molecule has 7 nitrogen and oxygen atoms in total. The summed E-state index contributed by atoms with van der Waals surface area (Å²) in [4.78, 5) is 29.8. The Labute approximate surface area is 124 Å². The second-order valence-electron chi connectivity index (χ2n) is 6.22. The van der Waals surface area contributed by atoms with Gasteiger partial charge in [-0.25, -0.2) is 9.78 Å². The van der Waals surface area contributed by atoms with E-state index in [1.165, 1.54) is 0 Å². The lowest BCUT2D eigenvalue weighted by Crippen LogP contribution is -2.41. The number of carbonyl (C=O) groups is 2. The van der Waals surface area contributed by atoms with Crippen molar-refractivity contribution in [3.8, 4) is 0 Å². The smallest absolute Gasteiger partial charge is 0.314 e. The molecule has 4 N–H and O–H groups in total. The van der Waals surface area contributed by atoms with E-state index in [1.54, 1.807) is 12.4 Å². The van der Waals surface area contributed by atoms with Crippen LogP contribution in [0.25, 0.3) is 0 Å². The molecule has 0 spiro atoms. The molecule has 1 atom stereocenters. The number of H-pyrrole nitrogens is 1. The number of carbonyl (C=O) groups excluding carboxylic acids is 1. The number of carboxylic acids is 1. The molecule has 0 fully saturated rings. The first-order chi connectivity index (χ1) is 9.78. The zero-order valence-electron chi connectivity index (χ0n) is 12.8. The van der Waals surface area contributed by atoms with Crippen molar-refractivity contribution in [1.29, 1.82) is 0 Å². The van der Waals surface area contributed by atoms with Crippen LogP contribution >= 0.6 is 0 Å². The summed E-state index contributed by atoms with van der Waals surface area (Å²) in [5, 5.41) is 14.4. The molecule has 1 aromatic rings. The SMILES string of the molecule is CC(C)(C)CC(CNC(=O)NCCc1ncc[nH]1)C(=O)O. The number of imidazole rings is 1. The van der Waals surface area contributed by atoms with E-state index in [4.69, 9.17) is 5.11 Å². The molecule has 118 valence electrons. The topological polar surface area (TPSA) is 107 Å². The molecule has 0 bridgehead atoms. The number of carboxylic acid groups (broad SMARTS) is 1. The maximum Gasteiger partial charge on any atom is 0.314 e. The largest absolute Gasteiger partial charge is 0.481 e. The molecule has 0 saturated carbocycles. The van der Waals surface area contributed by atoms with Crippen molar-refractivity contribution in [3.63, 3.8) is 0 Å². The van der Waals surface area contributed by atoms with Gasteiger partial charge in [-0.2, -0.15) is 0 Å². The van der Waals surface area contributed by atoms with Crippen LogP contribution in [0.3, 0.4) is 0 Å². The van der Waals surface area contributed by atoms with Gasteiger partial charge >= 0.3 is 12.0 Å². The Balaban J connectivity index is 2.27. The lowest BCUT2D eigenvalue weighted by Gasteiger charge is -2.23. The van der Waals surface area contributed by atoms with Crippen LogP contribution in [0.2, 0.25) is 0 Å².